The maximum absolute atomic E-state index is 12.8. The molecule has 0 bridgehead atoms. The quantitative estimate of drug-likeness (QED) is 0.709. The molecule has 2 aromatic carbocycles. The summed E-state index contributed by atoms with van der Waals surface area (Å²) in [4.78, 5) is 14.7. The summed E-state index contributed by atoms with van der Waals surface area (Å²) in [7, 11) is 0. The summed E-state index contributed by atoms with van der Waals surface area (Å²) in [6.45, 7) is 8.02. The summed E-state index contributed by atoms with van der Waals surface area (Å²) in [5.41, 5.74) is -1.08. The lowest BCUT2D eigenvalue weighted by atomic mass is 9.74. The van der Waals surface area contributed by atoms with Crippen LogP contribution >= 0.6 is 0 Å². The van der Waals surface area contributed by atoms with E-state index in [0.717, 1.165) is 68.3 Å². The van der Waals surface area contributed by atoms with E-state index in [1.165, 1.54) is 0 Å². The molecule has 3 heterocycles. The van der Waals surface area contributed by atoms with E-state index in [1.54, 1.807) is 0 Å². The lowest BCUT2D eigenvalue weighted by molar-refractivity contribution is -0.155. The van der Waals surface area contributed by atoms with Crippen LogP contribution in [0.5, 0.6) is 5.75 Å². The average molecular weight is 468 g/mol. The molecule has 5 rings (SSSR count). The maximum Gasteiger partial charge on any atom is 0.260 e. The normalized spacial score (nSPS) is 29.1. The number of hydrogen-bond donors (Lipinski definition) is 1. The first-order valence-electron chi connectivity index (χ1n) is 12.6. The number of amides is 1. The maximum atomic E-state index is 12.8. The van der Waals surface area contributed by atoms with Crippen LogP contribution in [0.3, 0.4) is 0 Å². The monoisotopic (exact) mass is 467 g/mol. The Morgan fingerprint density at radius 2 is 1.88 bits per heavy atom. The molecular weight excluding hydrogens is 430 g/mol. The topological polar surface area (TPSA) is 68.2 Å². The van der Waals surface area contributed by atoms with Gasteiger partial charge >= 0.3 is 0 Å². The number of carbonyl (C=O) groups is 1. The number of benzene rings is 2. The molecule has 3 saturated heterocycles. The van der Waals surface area contributed by atoms with E-state index in [2.05, 4.69) is 13.0 Å². The van der Waals surface area contributed by atoms with Gasteiger partial charge in [-0.3, -0.25) is 4.79 Å². The molecule has 1 amide bonds. The second-order valence-corrected chi connectivity index (χ2v) is 11.3. The molecule has 0 aromatic heterocycles. The molecular formula is C28H37NO5. The van der Waals surface area contributed by atoms with Crippen LogP contribution in [0.1, 0.15) is 52.9 Å². The Morgan fingerprint density at radius 3 is 2.59 bits per heavy atom. The third-order valence-corrected chi connectivity index (χ3v) is 8.25. The molecule has 3 fully saturated rings. The van der Waals surface area contributed by atoms with Crippen LogP contribution < -0.4 is 4.74 Å². The first kappa shape index (κ1) is 23.6. The van der Waals surface area contributed by atoms with Crippen molar-refractivity contribution in [1.82, 2.24) is 4.90 Å². The summed E-state index contributed by atoms with van der Waals surface area (Å²) < 4.78 is 18.5. The predicted octanol–water partition coefficient (Wildman–Crippen LogP) is 4.32. The second-order valence-electron chi connectivity index (χ2n) is 11.3. The molecule has 0 unspecified atom stereocenters. The summed E-state index contributed by atoms with van der Waals surface area (Å²) in [6, 6.07) is 14.1. The van der Waals surface area contributed by atoms with Gasteiger partial charge in [-0.2, -0.15) is 0 Å². The van der Waals surface area contributed by atoms with Gasteiger partial charge in [-0.1, -0.05) is 30.3 Å². The highest BCUT2D eigenvalue weighted by molar-refractivity contribution is 5.84. The van der Waals surface area contributed by atoms with Crippen LogP contribution in [0.25, 0.3) is 10.8 Å². The minimum atomic E-state index is -0.839. The van der Waals surface area contributed by atoms with E-state index >= 15 is 0 Å². The minimum absolute atomic E-state index is 0.0394. The molecule has 0 aliphatic carbocycles. The van der Waals surface area contributed by atoms with Gasteiger partial charge in [0.15, 0.2) is 6.61 Å². The molecule has 3 atom stereocenters. The van der Waals surface area contributed by atoms with Gasteiger partial charge in [-0.15, -0.1) is 0 Å². The summed E-state index contributed by atoms with van der Waals surface area (Å²) in [6.07, 6.45) is 4.48. The lowest BCUT2D eigenvalue weighted by Gasteiger charge is -2.39. The molecule has 1 N–H and O–H groups in total. The van der Waals surface area contributed by atoms with E-state index in [0.29, 0.717) is 0 Å². The van der Waals surface area contributed by atoms with Gasteiger partial charge in [0.2, 0.25) is 0 Å². The molecule has 0 saturated carbocycles. The Labute approximate surface area is 202 Å². The molecule has 6 heteroatoms. The number of likely N-dealkylation sites (tertiary alicyclic amines) is 1. The van der Waals surface area contributed by atoms with Gasteiger partial charge in [0.1, 0.15) is 5.75 Å². The van der Waals surface area contributed by atoms with Gasteiger partial charge in [0, 0.05) is 13.1 Å². The fourth-order valence-corrected chi connectivity index (χ4v) is 5.85. The first-order valence-corrected chi connectivity index (χ1v) is 12.6. The van der Waals surface area contributed by atoms with Crippen LogP contribution in [0.2, 0.25) is 0 Å². The Kier molecular flexibility index (Phi) is 6.11. The van der Waals surface area contributed by atoms with Gasteiger partial charge in [0.05, 0.1) is 30.0 Å². The fraction of sp³-hybridized carbons (Fsp3) is 0.607. The van der Waals surface area contributed by atoms with Crippen LogP contribution in [0.4, 0.5) is 0 Å². The molecule has 1 spiro atoms. The molecule has 3 aliphatic rings. The molecule has 2 aromatic rings. The SMILES string of the molecule is CC(C)(O)[C@@H]1CC[C@](C)([C@@H]2CC3(CCN(C(=O)COc4ccc5ccccc5c4)CC3)CO2)O1. The predicted molar refractivity (Wildman–Crippen MR) is 131 cm³/mol. The Balaban J connectivity index is 1.12. The van der Waals surface area contributed by atoms with Crippen molar-refractivity contribution in [3.63, 3.8) is 0 Å². The number of fused-ring (bicyclic) bond motifs is 1. The number of nitrogens with zero attached hydrogens (tertiary/aromatic N) is 1. The van der Waals surface area contributed by atoms with Crippen molar-refractivity contribution in [2.24, 2.45) is 5.41 Å². The highest BCUT2D eigenvalue weighted by Gasteiger charge is 2.53. The second kappa shape index (κ2) is 8.81. The highest BCUT2D eigenvalue weighted by Crippen LogP contribution is 2.49. The van der Waals surface area contributed by atoms with Crippen molar-refractivity contribution in [2.45, 2.75) is 76.3 Å². The highest BCUT2D eigenvalue weighted by atomic mass is 16.6. The van der Waals surface area contributed by atoms with Crippen molar-refractivity contribution in [3.8, 4) is 5.75 Å². The van der Waals surface area contributed by atoms with E-state index in [1.807, 2.05) is 55.1 Å². The average Bonchev–Trinajstić information content (AvgIpc) is 3.43. The molecule has 0 radical (unpaired) electrons. The Morgan fingerprint density at radius 1 is 1.15 bits per heavy atom. The van der Waals surface area contributed by atoms with Crippen molar-refractivity contribution in [3.05, 3.63) is 42.5 Å². The zero-order valence-corrected chi connectivity index (χ0v) is 20.6. The largest absolute Gasteiger partial charge is 0.484 e. The van der Waals surface area contributed by atoms with E-state index < -0.39 is 5.60 Å². The van der Waals surface area contributed by atoms with Gasteiger partial charge in [0.25, 0.3) is 5.91 Å². The van der Waals surface area contributed by atoms with Crippen molar-refractivity contribution < 1.29 is 24.1 Å². The van der Waals surface area contributed by atoms with Crippen molar-refractivity contribution in [2.75, 3.05) is 26.3 Å². The van der Waals surface area contributed by atoms with Crippen LogP contribution in [-0.4, -0.2) is 65.6 Å². The summed E-state index contributed by atoms with van der Waals surface area (Å²) in [5.74, 6) is 0.763. The number of aliphatic hydroxyl groups is 1. The van der Waals surface area contributed by atoms with Gasteiger partial charge < -0.3 is 24.2 Å². The smallest absolute Gasteiger partial charge is 0.260 e. The number of rotatable bonds is 5. The third kappa shape index (κ3) is 4.68. The number of piperidine rings is 1. The summed E-state index contributed by atoms with van der Waals surface area (Å²) >= 11 is 0. The van der Waals surface area contributed by atoms with E-state index in [4.69, 9.17) is 14.2 Å². The molecule has 184 valence electrons. The molecule has 34 heavy (non-hydrogen) atoms. The van der Waals surface area contributed by atoms with Gasteiger partial charge in [-0.25, -0.2) is 0 Å². The minimum Gasteiger partial charge on any atom is -0.484 e. The fourth-order valence-electron chi connectivity index (χ4n) is 5.85. The van der Waals surface area contributed by atoms with Crippen molar-refractivity contribution >= 4 is 16.7 Å². The van der Waals surface area contributed by atoms with E-state index in [-0.39, 0.29) is 35.7 Å². The van der Waals surface area contributed by atoms with Crippen molar-refractivity contribution in [1.29, 1.82) is 0 Å². The standard InChI is InChI=1S/C28H37NO5/c1-26(2,31)23-10-11-27(3,34-23)24-17-28(19-33-24)12-14-29(15-13-28)25(30)18-32-22-9-8-20-6-4-5-7-21(20)16-22/h4-9,16,23-24,31H,10-15,17-19H2,1-3H3/t23-,24-,27+/m0/s1. The Hall–Kier alpha value is -2.15. The van der Waals surface area contributed by atoms with Gasteiger partial charge in [-0.05, 0) is 81.2 Å². The number of carbonyl (C=O) groups excluding carboxylic acids is 1. The Bertz CT molecular complexity index is 1040. The molecule has 3 aliphatic heterocycles. The van der Waals surface area contributed by atoms with Crippen LogP contribution in [-0.2, 0) is 14.3 Å². The number of hydrogen-bond acceptors (Lipinski definition) is 5. The lowest BCUT2D eigenvalue weighted by Crippen LogP contribution is -2.46. The zero-order chi connectivity index (χ0) is 24.0. The summed E-state index contributed by atoms with van der Waals surface area (Å²) in [5, 5.41) is 12.6. The molecule has 6 nitrogen and oxygen atoms in total. The number of ether oxygens (including phenoxy) is 3. The first-order chi connectivity index (χ1) is 16.2. The van der Waals surface area contributed by atoms with Crippen LogP contribution in [0, 0.1) is 5.41 Å². The van der Waals surface area contributed by atoms with Crippen LogP contribution in [0.15, 0.2) is 42.5 Å². The van der Waals surface area contributed by atoms with E-state index in [9.17, 15) is 9.90 Å². The third-order valence-electron chi connectivity index (χ3n) is 8.25. The zero-order valence-electron chi connectivity index (χ0n) is 20.6.